The Hall–Kier alpha value is -1.12. The molecule has 0 bridgehead atoms. The summed E-state index contributed by atoms with van der Waals surface area (Å²) in [5.41, 5.74) is 0.613. The summed E-state index contributed by atoms with van der Waals surface area (Å²) < 4.78 is 24.1. The monoisotopic (exact) mass is 310 g/mol. The molecule has 2 rings (SSSR count). The van der Waals surface area contributed by atoms with Crippen LogP contribution in [0.15, 0.2) is 24.3 Å². The van der Waals surface area contributed by atoms with Gasteiger partial charge in [0.2, 0.25) is 0 Å². The summed E-state index contributed by atoms with van der Waals surface area (Å²) in [5.74, 6) is 0.486. The summed E-state index contributed by atoms with van der Waals surface area (Å²) in [6, 6.07) is 6.70. The van der Waals surface area contributed by atoms with Crippen LogP contribution in [0.5, 0.6) is 5.75 Å². The summed E-state index contributed by atoms with van der Waals surface area (Å²) in [4.78, 5) is 11.2. The molecule has 0 aromatic heterocycles. The summed E-state index contributed by atoms with van der Waals surface area (Å²) in [6.07, 6.45) is 5.78. The van der Waals surface area contributed by atoms with Crippen LogP contribution < -0.4 is 4.52 Å². The standard InChI is InChI=1S/C16H23O4P/c1-3-21(18,19-15-7-5-4-6-8-15)20-16-11-9-14(10-12-16)13(2)17/h9-12,15H,3-8H2,1-2H3. The van der Waals surface area contributed by atoms with E-state index in [-0.39, 0.29) is 11.9 Å². The molecule has 0 aliphatic heterocycles. The Morgan fingerprint density at radius 2 is 1.81 bits per heavy atom. The van der Waals surface area contributed by atoms with E-state index in [2.05, 4.69) is 0 Å². The van der Waals surface area contributed by atoms with Gasteiger partial charge in [0.25, 0.3) is 0 Å². The van der Waals surface area contributed by atoms with Gasteiger partial charge in [-0.1, -0.05) is 26.2 Å². The lowest BCUT2D eigenvalue weighted by molar-refractivity contribution is 0.101. The maximum Gasteiger partial charge on any atom is 0.379 e. The van der Waals surface area contributed by atoms with Crippen molar-refractivity contribution in [2.24, 2.45) is 0 Å². The lowest BCUT2D eigenvalue weighted by atomic mass is 9.98. The normalized spacial score (nSPS) is 19.0. The fraction of sp³-hybridized carbons (Fsp3) is 0.562. The number of ketones is 1. The Bertz CT molecular complexity index is 518. The molecule has 1 atom stereocenters. The molecular formula is C16H23O4P. The number of carbonyl (C=O) groups excluding carboxylic acids is 1. The summed E-state index contributed by atoms with van der Waals surface area (Å²) >= 11 is 0. The van der Waals surface area contributed by atoms with Crippen LogP contribution in [0.4, 0.5) is 0 Å². The van der Waals surface area contributed by atoms with Crippen molar-refractivity contribution in [3.63, 3.8) is 0 Å². The van der Waals surface area contributed by atoms with Crippen LogP contribution in [0.2, 0.25) is 0 Å². The smallest absolute Gasteiger partial charge is 0.379 e. The maximum atomic E-state index is 12.7. The van der Waals surface area contributed by atoms with Crippen LogP contribution in [0.25, 0.3) is 0 Å². The molecule has 1 aromatic rings. The molecule has 1 aliphatic rings. The molecule has 4 nitrogen and oxygen atoms in total. The molecular weight excluding hydrogens is 287 g/mol. The first-order chi connectivity index (χ1) is 10.0. The molecule has 0 radical (unpaired) electrons. The van der Waals surface area contributed by atoms with E-state index in [0.717, 1.165) is 25.7 Å². The highest BCUT2D eigenvalue weighted by Gasteiger charge is 2.29. The number of rotatable bonds is 6. The van der Waals surface area contributed by atoms with Crippen molar-refractivity contribution in [2.75, 3.05) is 6.16 Å². The van der Waals surface area contributed by atoms with Crippen LogP contribution in [0.1, 0.15) is 56.3 Å². The van der Waals surface area contributed by atoms with Crippen molar-refractivity contribution in [2.45, 2.75) is 52.1 Å². The Morgan fingerprint density at radius 3 is 2.33 bits per heavy atom. The molecule has 0 heterocycles. The van der Waals surface area contributed by atoms with E-state index in [1.165, 1.54) is 13.3 Å². The molecule has 116 valence electrons. The third kappa shape index (κ3) is 4.69. The topological polar surface area (TPSA) is 52.6 Å². The van der Waals surface area contributed by atoms with E-state index >= 15 is 0 Å². The SMILES string of the molecule is CCP(=O)(Oc1ccc(C(C)=O)cc1)OC1CCCCC1. The average molecular weight is 310 g/mol. The van der Waals surface area contributed by atoms with Gasteiger partial charge in [0.05, 0.1) is 12.3 Å². The zero-order chi connectivity index (χ0) is 15.3. The first-order valence-electron chi connectivity index (χ1n) is 7.60. The second-order valence-electron chi connectivity index (χ2n) is 5.46. The number of hydrogen-bond acceptors (Lipinski definition) is 4. The molecule has 0 spiro atoms. The van der Waals surface area contributed by atoms with Gasteiger partial charge in [-0.3, -0.25) is 9.32 Å². The zero-order valence-electron chi connectivity index (χ0n) is 12.7. The van der Waals surface area contributed by atoms with Crippen LogP contribution in [0, 0.1) is 0 Å². The van der Waals surface area contributed by atoms with Crippen molar-refractivity contribution in [1.29, 1.82) is 0 Å². The number of benzene rings is 1. The number of Topliss-reactive ketones (excluding diaryl/α,β-unsaturated/α-hetero) is 1. The molecule has 0 saturated heterocycles. The second-order valence-corrected chi connectivity index (χ2v) is 7.71. The maximum absolute atomic E-state index is 12.7. The Morgan fingerprint density at radius 1 is 1.19 bits per heavy atom. The van der Waals surface area contributed by atoms with E-state index in [1.54, 1.807) is 24.3 Å². The van der Waals surface area contributed by atoms with Gasteiger partial charge in [0, 0.05) is 5.56 Å². The van der Waals surface area contributed by atoms with Crippen molar-refractivity contribution < 1.29 is 18.4 Å². The lowest BCUT2D eigenvalue weighted by Gasteiger charge is -2.26. The number of carbonyl (C=O) groups is 1. The van der Waals surface area contributed by atoms with E-state index in [0.29, 0.717) is 17.5 Å². The summed E-state index contributed by atoms with van der Waals surface area (Å²) in [5, 5.41) is 0. The first kappa shape index (κ1) is 16.3. The molecule has 1 unspecified atom stereocenters. The number of hydrogen-bond donors (Lipinski definition) is 0. The molecule has 1 aliphatic carbocycles. The van der Waals surface area contributed by atoms with Crippen molar-refractivity contribution >= 4 is 13.4 Å². The molecule has 1 fully saturated rings. The third-order valence-electron chi connectivity index (χ3n) is 3.75. The van der Waals surface area contributed by atoms with E-state index in [1.807, 2.05) is 6.92 Å². The van der Waals surface area contributed by atoms with Crippen LogP contribution >= 0.6 is 7.60 Å². The van der Waals surface area contributed by atoms with Gasteiger partial charge in [0.1, 0.15) is 5.75 Å². The second kappa shape index (κ2) is 7.24. The van der Waals surface area contributed by atoms with Crippen molar-refractivity contribution in [3.8, 4) is 5.75 Å². The van der Waals surface area contributed by atoms with Crippen LogP contribution in [-0.4, -0.2) is 18.0 Å². The van der Waals surface area contributed by atoms with E-state index < -0.39 is 7.60 Å². The Kier molecular flexibility index (Phi) is 5.60. The third-order valence-corrected chi connectivity index (χ3v) is 5.64. The predicted molar refractivity (Wildman–Crippen MR) is 83.2 cm³/mol. The van der Waals surface area contributed by atoms with Crippen LogP contribution in [-0.2, 0) is 9.09 Å². The van der Waals surface area contributed by atoms with Gasteiger partial charge in [-0.15, -0.1) is 0 Å². The average Bonchev–Trinajstić information content (AvgIpc) is 2.48. The highest BCUT2D eigenvalue weighted by molar-refractivity contribution is 7.54. The van der Waals surface area contributed by atoms with Crippen molar-refractivity contribution in [3.05, 3.63) is 29.8 Å². The fourth-order valence-corrected chi connectivity index (χ4v) is 3.90. The molecule has 5 heteroatoms. The van der Waals surface area contributed by atoms with E-state index in [4.69, 9.17) is 9.05 Å². The molecule has 1 saturated carbocycles. The fourth-order valence-electron chi connectivity index (χ4n) is 2.47. The Balaban J connectivity index is 2.02. The molecule has 1 aromatic carbocycles. The quantitative estimate of drug-likeness (QED) is 0.558. The van der Waals surface area contributed by atoms with Crippen molar-refractivity contribution in [1.82, 2.24) is 0 Å². The summed E-state index contributed by atoms with van der Waals surface area (Å²) in [6.45, 7) is 3.33. The minimum atomic E-state index is -3.11. The van der Waals surface area contributed by atoms with Gasteiger partial charge in [-0.2, -0.15) is 0 Å². The largest absolute Gasteiger partial charge is 0.424 e. The van der Waals surface area contributed by atoms with Gasteiger partial charge < -0.3 is 4.52 Å². The van der Waals surface area contributed by atoms with Gasteiger partial charge in [-0.25, -0.2) is 4.57 Å². The Labute approximate surface area is 126 Å². The van der Waals surface area contributed by atoms with Gasteiger partial charge >= 0.3 is 7.60 Å². The zero-order valence-corrected chi connectivity index (χ0v) is 13.6. The predicted octanol–water partition coefficient (Wildman–Crippen LogP) is 4.83. The molecule has 21 heavy (non-hydrogen) atoms. The molecule has 0 N–H and O–H groups in total. The summed E-state index contributed by atoms with van der Waals surface area (Å²) in [7, 11) is -3.11. The van der Waals surface area contributed by atoms with Gasteiger partial charge in [-0.05, 0) is 44.0 Å². The highest BCUT2D eigenvalue weighted by atomic mass is 31.2. The first-order valence-corrected chi connectivity index (χ1v) is 9.33. The van der Waals surface area contributed by atoms with Crippen LogP contribution in [0.3, 0.4) is 0 Å². The minimum Gasteiger partial charge on any atom is -0.424 e. The minimum absolute atomic E-state index is 0.00122. The van der Waals surface area contributed by atoms with E-state index in [9.17, 15) is 9.36 Å². The highest BCUT2D eigenvalue weighted by Crippen LogP contribution is 2.50. The van der Waals surface area contributed by atoms with Gasteiger partial charge in [0.15, 0.2) is 5.78 Å². The lowest BCUT2D eigenvalue weighted by Crippen LogP contribution is -2.17. The molecule has 0 amide bonds.